The van der Waals surface area contributed by atoms with E-state index in [-0.39, 0.29) is 11.7 Å². The summed E-state index contributed by atoms with van der Waals surface area (Å²) >= 11 is 6.22. The highest BCUT2D eigenvalue weighted by atomic mass is 35.5. The Morgan fingerprint density at radius 1 is 1.17 bits per heavy atom. The molecule has 30 heavy (non-hydrogen) atoms. The van der Waals surface area contributed by atoms with Crippen molar-refractivity contribution in [1.29, 1.82) is 0 Å². The first-order valence-electron chi connectivity index (χ1n) is 10.2. The Hall–Kier alpha value is -2.91. The van der Waals surface area contributed by atoms with E-state index in [2.05, 4.69) is 14.9 Å². The van der Waals surface area contributed by atoms with Gasteiger partial charge in [-0.2, -0.15) is 9.97 Å². The van der Waals surface area contributed by atoms with Crippen molar-refractivity contribution in [3.05, 3.63) is 40.0 Å². The summed E-state index contributed by atoms with van der Waals surface area (Å²) in [7, 11) is 0. The van der Waals surface area contributed by atoms with Crippen LogP contribution in [0.2, 0.25) is 5.02 Å². The summed E-state index contributed by atoms with van der Waals surface area (Å²) < 4.78 is 9.09. The lowest BCUT2D eigenvalue weighted by Crippen LogP contribution is -2.38. The van der Waals surface area contributed by atoms with E-state index in [0.29, 0.717) is 35.3 Å². The Kier molecular flexibility index (Phi) is 4.07. The highest BCUT2D eigenvalue weighted by molar-refractivity contribution is 6.31. The molecule has 4 aromatic rings. The van der Waals surface area contributed by atoms with Crippen molar-refractivity contribution in [3.8, 4) is 5.95 Å². The van der Waals surface area contributed by atoms with Gasteiger partial charge in [0.05, 0.1) is 11.0 Å². The number of imidazole rings is 2. The van der Waals surface area contributed by atoms with Crippen LogP contribution in [0.4, 0.5) is 5.82 Å². The van der Waals surface area contributed by atoms with Gasteiger partial charge < -0.3 is 14.6 Å². The van der Waals surface area contributed by atoms with Gasteiger partial charge in [-0.25, -0.2) is 9.78 Å². The van der Waals surface area contributed by atoms with Crippen molar-refractivity contribution in [2.24, 2.45) is 0 Å². The molecule has 2 aliphatic heterocycles. The van der Waals surface area contributed by atoms with Crippen LogP contribution in [0, 0.1) is 0 Å². The maximum Gasteiger partial charge on any atom is 0.328 e. The summed E-state index contributed by atoms with van der Waals surface area (Å²) in [6.07, 6.45) is 4.38. The van der Waals surface area contributed by atoms with Gasteiger partial charge >= 0.3 is 5.69 Å². The largest absolute Gasteiger partial charge is 0.381 e. The number of anilines is 1. The molecule has 2 aliphatic rings. The van der Waals surface area contributed by atoms with Crippen LogP contribution < -0.4 is 10.6 Å². The predicted molar refractivity (Wildman–Crippen MR) is 114 cm³/mol. The Morgan fingerprint density at radius 2 is 2.00 bits per heavy atom. The predicted octanol–water partition coefficient (Wildman–Crippen LogP) is 2.67. The molecule has 1 aromatic carbocycles. The van der Waals surface area contributed by atoms with E-state index in [1.54, 1.807) is 10.9 Å². The van der Waals surface area contributed by atoms with E-state index in [9.17, 15) is 4.79 Å². The highest BCUT2D eigenvalue weighted by Gasteiger charge is 2.27. The number of nitrogens with zero attached hydrogens (tertiary/aromatic N) is 6. The smallest absolute Gasteiger partial charge is 0.328 e. The third-order valence-corrected chi connectivity index (χ3v) is 6.21. The summed E-state index contributed by atoms with van der Waals surface area (Å²) in [6.45, 7) is 3.11. The maximum atomic E-state index is 12.9. The average molecular weight is 426 g/mol. The number of ether oxygens (including phenoxy) is 1. The van der Waals surface area contributed by atoms with E-state index >= 15 is 0 Å². The fraction of sp³-hybridized carbons (Fsp3) is 0.400. The number of aromatic amines is 1. The van der Waals surface area contributed by atoms with E-state index in [1.165, 1.54) is 0 Å². The zero-order valence-corrected chi connectivity index (χ0v) is 17.0. The van der Waals surface area contributed by atoms with Gasteiger partial charge in [-0.1, -0.05) is 11.6 Å². The second kappa shape index (κ2) is 6.82. The number of H-pyrrole nitrogens is 1. The molecule has 0 amide bonds. The molecule has 6 rings (SSSR count). The second-order valence-corrected chi connectivity index (χ2v) is 8.21. The first-order valence-corrected chi connectivity index (χ1v) is 10.5. The molecule has 0 bridgehead atoms. The molecule has 1 N–H and O–H groups in total. The molecule has 0 spiro atoms. The van der Waals surface area contributed by atoms with Crippen molar-refractivity contribution < 1.29 is 4.74 Å². The van der Waals surface area contributed by atoms with Crippen molar-refractivity contribution in [2.75, 3.05) is 31.2 Å². The molecule has 3 aromatic heterocycles. The molecule has 5 heterocycles. The molecule has 0 saturated carbocycles. The molecule has 10 heteroatoms. The number of rotatable bonds is 3. The normalized spacial score (nSPS) is 17.7. The SMILES string of the molecule is O=c1[nH]c2c(N3CCC3)nc(-n3cnc4ccc(Cl)cc43)nc2n1C1CCOCC1. The summed E-state index contributed by atoms with van der Waals surface area (Å²) in [4.78, 5) is 32.2. The first-order chi connectivity index (χ1) is 14.7. The van der Waals surface area contributed by atoms with Crippen molar-refractivity contribution >= 4 is 39.6 Å². The van der Waals surface area contributed by atoms with Gasteiger partial charge in [-0.15, -0.1) is 0 Å². The van der Waals surface area contributed by atoms with E-state index < -0.39 is 0 Å². The van der Waals surface area contributed by atoms with Crippen LogP contribution >= 0.6 is 11.6 Å². The summed E-state index contributed by atoms with van der Waals surface area (Å²) in [5, 5.41) is 0.619. The summed E-state index contributed by atoms with van der Waals surface area (Å²) in [5.41, 5.74) is 2.81. The van der Waals surface area contributed by atoms with Gasteiger partial charge in [0.2, 0.25) is 5.95 Å². The summed E-state index contributed by atoms with van der Waals surface area (Å²) in [6, 6.07) is 5.59. The average Bonchev–Trinajstić information content (AvgIpc) is 3.27. The van der Waals surface area contributed by atoms with Crippen molar-refractivity contribution in [1.82, 2.24) is 29.1 Å². The van der Waals surface area contributed by atoms with Crippen LogP contribution in [0.25, 0.3) is 28.1 Å². The van der Waals surface area contributed by atoms with E-state index in [4.69, 9.17) is 26.3 Å². The third kappa shape index (κ3) is 2.73. The van der Waals surface area contributed by atoms with Crippen LogP contribution in [0.3, 0.4) is 0 Å². The molecule has 9 nitrogen and oxygen atoms in total. The number of hydrogen-bond acceptors (Lipinski definition) is 6. The molecule has 2 fully saturated rings. The van der Waals surface area contributed by atoms with Crippen LogP contribution in [-0.2, 0) is 4.74 Å². The fourth-order valence-electron chi connectivity index (χ4n) is 4.26. The monoisotopic (exact) mass is 425 g/mol. The van der Waals surface area contributed by atoms with Gasteiger partial charge in [-0.05, 0) is 37.5 Å². The number of aromatic nitrogens is 6. The van der Waals surface area contributed by atoms with Crippen molar-refractivity contribution in [2.45, 2.75) is 25.3 Å². The zero-order chi connectivity index (χ0) is 20.2. The van der Waals surface area contributed by atoms with Crippen LogP contribution in [-0.4, -0.2) is 55.4 Å². The quantitative estimate of drug-likeness (QED) is 0.542. The molecule has 0 aliphatic carbocycles. The molecule has 0 atom stereocenters. The van der Waals surface area contributed by atoms with Crippen LogP contribution in [0.5, 0.6) is 0 Å². The first kappa shape index (κ1) is 17.9. The van der Waals surface area contributed by atoms with E-state index in [1.807, 2.05) is 22.8 Å². The molecular formula is C20H20ClN7O2. The minimum absolute atomic E-state index is 0.0565. The lowest BCUT2D eigenvalue weighted by molar-refractivity contribution is 0.0697. The van der Waals surface area contributed by atoms with E-state index in [0.717, 1.165) is 49.2 Å². The Bertz CT molecular complexity index is 1310. The lowest BCUT2D eigenvalue weighted by Gasteiger charge is -2.32. The Balaban J connectivity index is 1.60. The third-order valence-electron chi connectivity index (χ3n) is 5.97. The molecular weight excluding hydrogens is 406 g/mol. The van der Waals surface area contributed by atoms with Gasteiger partial charge in [0.25, 0.3) is 0 Å². The fourth-order valence-corrected chi connectivity index (χ4v) is 4.43. The molecule has 0 radical (unpaired) electrons. The number of fused-ring (bicyclic) bond motifs is 2. The van der Waals surface area contributed by atoms with Gasteiger partial charge in [0, 0.05) is 37.4 Å². The zero-order valence-electron chi connectivity index (χ0n) is 16.2. The standard InChI is InChI=1S/C20H20ClN7O2/c21-12-2-3-14-15(10-12)27(11-22-14)19-24-17(26-6-1-7-26)16-18(25-19)28(20(29)23-16)13-4-8-30-9-5-13/h2-3,10-11,13H,1,4-9H2,(H,23,29). The van der Waals surface area contributed by atoms with Gasteiger partial charge in [0.15, 0.2) is 11.5 Å². The molecule has 0 unspecified atom stereocenters. The Labute approximate surface area is 176 Å². The number of hydrogen-bond donors (Lipinski definition) is 1. The van der Waals surface area contributed by atoms with Crippen molar-refractivity contribution in [3.63, 3.8) is 0 Å². The summed E-state index contributed by atoms with van der Waals surface area (Å²) in [5.74, 6) is 1.24. The van der Waals surface area contributed by atoms with Gasteiger partial charge in [-0.3, -0.25) is 9.13 Å². The van der Waals surface area contributed by atoms with Crippen LogP contribution in [0.1, 0.15) is 25.3 Å². The molecule has 154 valence electrons. The second-order valence-electron chi connectivity index (χ2n) is 7.78. The lowest BCUT2D eigenvalue weighted by atomic mass is 10.1. The molecule has 2 saturated heterocycles. The number of halogens is 1. The minimum Gasteiger partial charge on any atom is -0.381 e. The number of nitrogens with one attached hydrogen (secondary N) is 1. The Morgan fingerprint density at radius 3 is 2.77 bits per heavy atom. The minimum atomic E-state index is -0.149. The topological polar surface area (TPSA) is 93.9 Å². The highest BCUT2D eigenvalue weighted by Crippen LogP contribution is 2.30. The maximum absolute atomic E-state index is 12.9. The number of benzene rings is 1. The van der Waals surface area contributed by atoms with Gasteiger partial charge in [0.1, 0.15) is 11.8 Å². The van der Waals surface area contributed by atoms with Crippen LogP contribution in [0.15, 0.2) is 29.3 Å².